The lowest BCUT2D eigenvalue weighted by atomic mass is 9.88. The van der Waals surface area contributed by atoms with Crippen molar-refractivity contribution < 1.29 is 19.1 Å². The molecule has 0 aliphatic heterocycles. The van der Waals surface area contributed by atoms with Gasteiger partial charge in [-0.15, -0.1) is 0 Å². The van der Waals surface area contributed by atoms with Crippen LogP contribution in [0, 0.1) is 5.92 Å². The summed E-state index contributed by atoms with van der Waals surface area (Å²) in [5.74, 6) is -0.164. The molecule has 1 aromatic heterocycles. The van der Waals surface area contributed by atoms with Crippen molar-refractivity contribution in [3.05, 3.63) is 36.0 Å². The number of rotatable bonds is 5. The van der Waals surface area contributed by atoms with Gasteiger partial charge in [-0.1, -0.05) is 37.5 Å². The molecule has 6 nitrogen and oxygen atoms in total. The predicted octanol–water partition coefficient (Wildman–Crippen LogP) is 2.10. The Morgan fingerprint density at radius 3 is 2.56 bits per heavy atom. The molecule has 0 radical (unpaired) electrons. The van der Waals surface area contributed by atoms with Gasteiger partial charge in [0.15, 0.2) is 5.95 Å². The van der Waals surface area contributed by atoms with E-state index in [1.807, 2.05) is 35.2 Å². The molecule has 2 aliphatic rings. The first kappa shape index (κ1) is 16.1. The van der Waals surface area contributed by atoms with Crippen LogP contribution >= 0.6 is 0 Å². The van der Waals surface area contributed by atoms with E-state index in [-0.39, 0.29) is 24.4 Å². The van der Waals surface area contributed by atoms with Crippen LogP contribution in [-0.2, 0) is 11.3 Å². The van der Waals surface area contributed by atoms with Crippen LogP contribution in [0.15, 0.2) is 34.9 Å². The zero-order valence-corrected chi connectivity index (χ0v) is 14.3. The van der Waals surface area contributed by atoms with Gasteiger partial charge < -0.3 is 14.5 Å². The van der Waals surface area contributed by atoms with Crippen molar-refractivity contribution in [2.75, 3.05) is 0 Å². The highest BCUT2D eigenvalue weighted by Gasteiger charge is 2.38. The Morgan fingerprint density at radius 2 is 1.88 bits per heavy atom. The molecule has 2 saturated carbocycles. The van der Waals surface area contributed by atoms with Gasteiger partial charge in [-0.3, -0.25) is 4.79 Å². The normalized spacial score (nSPS) is 18.2. The molecule has 0 unspecified atom stereocenters. The Bertz CT molecular complexity index is 734. The Labute approximate surface area is 147 Å². The molecule has 1 heterocycles. The van der Waals surface area contributed by atoms with Crippen molar-refractivity contribution in [3.8, 4) is 11.6 Å². The maximum absolute atomic E-state index is 13.0. The summed E-state index contributed by atoms with van der Waals surface area (Å²) in [6, 6.07) is 9.68. The summed E-state index contributed by atoms with van der Waals surface area (Å²) in [6.45, 7) is 0.275. The molecular weight excluding hydrogens is 318 g/mol. The van der Waals surface area contributed by atoms with Crippen molar-refractivity contribution in [3.63, 3.8) is 0 Å². The smallest absolute Gasteiger partial charge is 0.259 e. The average Bonchev–Trinajstić information content (AvgIpc) is 3.44. The van der Waals surface area contributed by atoms with Crippen molar-refractivity contribution in [2.24, 2.45) is 5.92 Å². The van der Waals surface area contributed by atoms with E-state index >= 15 is 0 Å². The van der Waals surface area contributed by atoms with Crippen LogP contribution in [0.5, 0.6) is 5.95 Å². The quantitative estimate of drug-likeness (QED) is 0.781. The molecule has 132 valence electrons. The molecule has 2 fully saturated rings. The fourth-order valence-electron chi connectivity index (χ4n) is 3.69. The summed E-state index contributed by atoms with van der Waals surface area (Å²) < 4.78 is 6.42. The molecule has 0 bridgehead atoms. The molecule has 1 amide bonds. The van der Waals surface area contributed by atoms with Gasteiger partial charge in [0, 0.05) is 24.1 Å². The third kappa shape index (κ3) is 3.38. The molecular formula is C19H23N3O3. The number of carbonyl (C=O) groups excluding carboxylic acids is 1. The molecule has 6 heteroatoms. The van der Waals surface area contributed by atoms with Crippen LogP contribution in [0.1, 0.15) is 50.6 Å². The third-order valence-corrected chi connectivity index (χ3v) is 5.24. The summed E-state index contributed by atoms with van der Waals surface area (Å²) in [5.41, 5.74) is 1.19. The van der Waals surface area contributed by atoms with E-state index in [9.17, 15) is 9.90 Å². The van der Waals surface area contributed by atoms with E-state index in [4.69, 9.17) is 4.52 Å². The first-order valence-corrected chi connectivity index (χ1v) is 9.18. The number of carbonyl (C=O) groups is 1. The minimum absolute atomic E-state index is 0.106. The standard InChI is InChI=1S/C19H23N3O3/c23-18(14-7-3-1-4-8-14)21(15-11-12-15)13-17-19(24)25-20-22(17)16-9-5-2-6-10-16/h2,5-6,9-10,14-15H,1,3-4,7-8,11-13H2. The van der Waals surface area contributed by atoms with E-state index in [1.54, 1.807) is 0 Å². The lowest BCUT2D eigenvalue weighted by molar-refractivity contribution is -0.678. The Hall–Kier alpha value is -2.37. The van der Waals surface area contributed by atoms with Gasteiger partial charge >= 0.3 is 0 Å². The monoisotopic (exact) mass is 341 g/mol. The number of amides is 1. The molecule has 4 rings (SSSR count). The van der Waals surface area contributed by atoms with Gasteiger partial charge in [0.25, 0.3) is 5.69 Å². The fourth-order valence-corrected chi connectivity index (χ4v) is 3.69. The fraction of sp³-hybridized carbons (Fsp3) is 0.526. The van der Waals surface area contributed by atoms with Crippen LogP contribution in [0.3, 0.4) is 0 Å². The van der Waals surface area contributed by atoms with Crippen molar-refractivity contribution in [1.82, 2.24) is 10.2 Å². The summed E-state index contributed by atoms with van der Waals surface area (Å²) >= 11 is 0. The van der Waals surface area contributed by atoms with E-state index in [0.717, 1.165) is 44.2 Å². The summed E-state index contributed by atoms with van der Waals surface area (Å²) in [7, 11) is 0. The summed E-state index contributed by atoms with van der Waals surface area (Å²) in [6.07, 6.45) is 7.44. The van der Waals surface area contributed by atoms with Gasteiger partial charge in [0.1, 0.15) is 6.54 Å². The Morgan fingerprint density at radius 1 is 1.16 bits per heavy atom. The van der Waals surface area contributed by atoms with Crippen LogP contribution in [0.25, 0.3) is 5.69 Å². The van der Waals surface area contributed by atoms with Gasteiger partial charge in [-0.2, -0.15) is 0 Å². The van der Waals surface area contributed by atoms with E-state index < -0.39 is 5.95 Å². The molecule has 0 atom stereocenters. The average molecular weight is 341 g/mol. The molecule has 1 aromatic carbocycles. The molecule has 0 spiro atoms. The predicted molar refractivity (Wildman–Crippen MR) is 87.6 cm³/mol. The second-order valence-electron chi connectivity index (χ2n) is 7.09. The van der Waals surface area contributed by atoms with Crippen molar-refractivity contribution >= 4 is 5.91 Å². The second-order valence-corrected chi connectivity index (χ2v) is 7.09. The zero-order valence-electron chi connectivity index (χ0n) is 14.3. The lowest BCUT2D eigenvalue weighted by Crippen LogP contribution is -2.44. The van der Waals surface area contributed by atoms with Gasteiger partial charge in [-0.25, -0.2) is 0 Å². The number of nitrogens with zero attached hydrogens (tertiary/aromatic N) is 3. The van der Waals surface area contributed by atoms with E-state index in [2.05, 4.69) is 5.27 Å². The van der Waals surface area contributed by atoms with Crippen LogP contribution in [0.2, 0.25) is 0 Å². The number of para-hydroxylation sites is 1. The number of benzene rings is 1. The topological polar surface area (TPSA) is 73.3 Å². The van der Waals surface area contributed by atoms with Crippen molar-refractivity contribution in [2.45, 2.75) is 57.5 Å². The minimum atomic E-state index is -0.467. The largest absolute Gasteiger partial charge is 0.539 e. The summed E-state index contributed by atoms with van der Waals surface area (Å²) in [5, 5.41) is 16.1. The first-order chi connectivity index (χ1) is 12.2. The van der Waals surface area contributed by atoms with Crippen LogP contribution in [-0.4, -0.2) is 22.1 Å². The minimum Gasteiger partial charge on any atom is -0.539 e. The molecule has 2 aliphatic carbocycles. The van der Waals surface area contributed by atoms with E-state index in [1.165, 1.54) is 11.1 Å². The molecule has 0 saturated heterocycles. The zero-order chi connectivity index (χ0) is 17.2. The third-order valence-electron chi connectivity index (χ3n) is 5.24. The van der Waals surface area contributed by atoms with Crippen LogP contribution in [0.4, 0.5) is 0 Å². The molecule has 2 aromatic rings. The lowest BCUT2D eigenvalue weighted by Gasteiger charge is -2.28. The van der Waals surface area contributed by atoms with Gasteiger partial charge in [-0.05, 0) is 30.4 Å². The Balaban J connectivity index is 1.59. The number of aromatic nitrogens is 2. The molecule has 0 N–H and O–H groups in total. The number of hydrogen-bond acceptors (Lipinski definition) is 4. The maximum Gasteiger partial charge on any atom is 0.259 e. The highest BCUT2D eigenvalue weighted by molar-refractivity contribution is 5.79. The Kier molecular flexibility index (Phi) is 4.42. The highest BCUT2D eigenvalue weighted by Crippen LogP contribution is 2.33. The summed E-state index contributed by atoms with van der Waals surface area (Å²) in [4.78, 5) is 14.9. The SMILES string of the molecule is O=C(C1CCCCC1)N(Cc1c([O-])on[n+]1-c1ccccc1)C1CC1. The van der Waals surface area contributed by atoms with E-state index in [0.29, 0.717) is 5.69 Å². The highest BCUT2D eigenvalue weighted by atomic mass is 16.6. The second kappa shape index (κ2) is 6.86. The van der Waals surface area contributed by atoms with Gasteiger partial charge in [0.2, 0.25) is 11.6 Å². The van der Waals surface area contributed by atoms with Gasteiger partial charge in [0.05, 0.1) is 5.27 Å². The maximum atomic E-state index is 13.0. The number of hydrogen-bond donors (Lipinski definition) is 0. The van der Waals surface area contributed by atoms with Crippen molar-refractivity contribution in [1.29, 1.82) is 0 Å². The van der Waals surface area contributed by atoms with Crippen LogP contribution < -0.4 is 9.79 Å². The molecule has 25 heavy (non-hydrogen) atoms. The first-order valence-electron chi connectivity index (χ1n) is 9.18.